The van der Waals surface area contributed by atoms with Gasteiger partial charge < -0.3 is 11.1 Å². The lowest BCUT2D eigenvalue weighted by Crippen LogP contribution is -2.19. The van der Waals surface area contributed by atoms with E-state index in [2.05, 4.69) is 17.2 Å². The number of anilines is 1. The Balaban J connectivity index is 2.48. The Morgan fingerprint density at radius 3 is 3.15 bits per heavy atom. The molecule has 1 aromatic rings. The standard InChI is InChI=1S/C8H13N3S2/c1-2-3-4-7-10-6(5-13-7)11-8(9)12/h5H,2-4H2,1H3,(H3,9,11,12). The van der Waals surface area contributed by atoms with Gasteiger partial charge in [-0.15, -0.1) is 11.3 Å². The molecule has 1 rings (SSSR count). The number of nitrogens with one attached hydrogen (secondary N) is 1. The van der Waals surface area contributed by atoms with Gasteiger partial charge in [0.2, 0.25) is 0 Å². The predicted octanol–water partition coefficient (Wildman–Crippen LogP) is 2.14. The summed E-state index contributed by atoms with van der Waals surface area (Å²) in [5.41, 5.74) is 5.32. The average Bonchev–Trinajstić information content (AvgIpc) is 2.48. The summed E-state index contributed by atoms with van der Waals surface area (Å²) in [5, 5.41) is 6.15. The summed E-state index contributed by atoms with van der Waals surface area (Å²) in [7, 11) is 0. The molecule has 1 aromatic heterocycles. The lowest BCUT2D eigenvalue weighted by atomic mass is 10.3. The van der Waals surface area contributed by atoms with E-state index < -0.39 is 0 Å². The zero-order chi connectivity index (χ0) is 9.68. The Hall–Kier alpha value is -0.680. The van der Waals surface area contributed by atoms with Crippen LogP contribution in [0.5, 0.6) is 0 Å². The summed E-state index contributed by atoms with van der Waals surface area (Å²) in [4.78, 5) is 4.33. The molecule has 3 N–H and O–H groups in total. The Morgan fingerprint density at radius 2 is 2.54 bits per heavy atom. The first-order valence-corrected chi connectivity index (χ1v) is 5.52. The second-order valence-electron chi connectivity index (χ2n) is 2.72. The van der Waals surface area contributed by atoms with Gasteiger partial charge in [0.25, 0.3) is 0 Å². The van der Waals surface area contributed by atoms with Crippen LogP contribution in [0.3, 0.4) is 0 Å². The van der Waals surface area contributed by atoms with E-state index in [1.807, 2.05) is 5.38 Å². The SMILES string of the molecule is CCCCc1nc(NC(N)=S)cs1. The maximum Gasteiger partial charge on any atom is 0.169 e. The average molecular weight is 215 g/mol. The molecule has 0 aliphatic heterocycles. The van der Waals surface area contributed by atoms with Crippen LogP contribution in [0.1, 0.15) is 24.8 Å². The Bertz CT molecular complexity index is 283. The number of hydrogen-bond donors (Lipinski definition) is 2. The highest BCUT2D eigenvalue weighted by molar-refractivity contribution is 7.80. The number of aryl methyl sites for hydroxylation is 1. The van der Waals surface area contributed by atoms with Gasteiger partial charge in [-0.05, 0) is 25.1 Å². The van der Waals surface area contributed by atoms with E-state index in [4.69, 9.17) is 18.0 Å². The quantitative estimate of drug-likeness (QED) is 0.756. The van der Waals surface area contributed by atoms with Crippen LogP contribution in [0.25, 0.3) is 0 Å². The fourth-order valence-electron chi connectivity index (χ4n) is 0.937. The Morgan fingerprint density at radius 1 is 1.77 bits per heavy atom. The number of thiocarbonyl (C=S) groups is 1. The molecule has 0 bridgehead atoms. The van der Waals surface area contributed by atoms with Crippen LogP contribution in [0, 0.1) is 0 Å². The maximum absolute atomic E-state index is 5.32. The highest BCUT2D eigenvalue weighted by Gasteiger charge is 2.00. The summed E-state index contributed by atoms with van der Waals surface area (Å²) >= 11 is 6.35. The molecule has 3 nitrogen and oxygen atoms in total. The van der Waals surface area contributed by atoms with Crippen LogP contribution in [-0.4, -0.2) is 10.1 Å². The number of thiazole rings is 1. The zero-order valence-electron chi connectivity index (χ0n) is 7.54. The molecule has 0 spiro atoms. The molecular formula is C8H13N3S2. The summed E-state index contributed by atoms with van der Waals surface area (Å²) < 4.78 is 0. The van der Waals surface area contributed by atoms with Crippen molar-refractivity contribution in [3.05, 3.63) is 10.4 Å². The van der Waals surface area contributed by atoms with Gasteiger partial charge in [-0.2, -0.15) is 0 Å². The van der Waals surface area contributed by atoms with Crippen molar-refractivity contribution in [1.29, 1.82) is 0 Å². The molecule has 0 unspecified atom stereocenters. The number of nitrogens with two attached hydrogens (primary N) is 1. The number of hydrogen-bond acceptors (Lipinski definition) is 3. The molecule has 0 saturated heterocycles. The van der Waals surface area contributed by atoms with Gasteiger partial charge >= 0.3 is 0 Å². The van der Waals surface area contributed by atoms with Crippen LogP contribution >= 0.6 is 23.6 Å². The third-order valence-electron chi connectivity index (χ3n) is 1.55. The Kier molecular flexibility index (Phi) is 4.11. The fourth-order valence-corrected chi connectivity index (χ4v) is 1.81. The normalized spacial score (nSPS) is 9.92. The summed E-state index contributed by atoms with van der Waals surface area (Å²) in [6, 6.07) is 0. The first kappa shape index (κ1) is 10.4. The molecule has 0 aliphatic carbocycles. The largest absolute Gasteiger partial charge is 0.376 e. The van der Waals surface area contributed by atoms with Crippen molar-refractivity contribution in [2.24, 2.45) is 5.73 Å². The van der Waals surface area contributed by atoms with Crippen molar-refractivity contribution in [3.63, 3.8) is 0 Å². The van der Waals surface area contributed by atoms with Gasteiger partial charge in [-0.3, -0.25) is 0 Å². The third kappa shape index (κ3) is 3.69. The van der Waals surface area contributed by atoms with Crippen molar-refractivity contribution in [3.8, 4) is 0 Å². The van der Waals surface area contributed by atoms with E-state index in [1.54, 1.807) is 11.3 Å². The smallest absolute Gasteiger partial charge is 0.169 e. The van der Waals surface area contributed by atoms with Crippen LogP contribution in [-0.2, 0) is 6.42 Å². The number of unbranched alkanes of at least 4 members (excludes halogenated alkanes) is 1. The second-order valence-corrected chi connectivity index (χ2v) is 4.10. The van der Waals surface area contributed by atoms with Gasteiger partial charge in [0.05, 0.1) is 5.01 Å². The van der Waals surface area contributed by atoms with Crippen molar-refractivity contribution < 1.29 is 0 Å². The molecule has 1 heterocycles. The molecule has 5 heteroatoms. The van der Waals surface area contributed by atoms with Crippen molar-refractivity contribution in [1.82, 2.24) is 4.98 Å². The van der Waals surface area contributed by atoms with Crippen molar-refractivity contribution >= 4 is 34.5 Å². The predicted molar refractivity (Wildman–Crippen MR) is 61.1 cm³/mol. The topological polar surface area (TPSA) is 50.9 Å². The molecular weight excluding hydrogens is 202 g/mol. The zero-order valence-corrected chi connectivity index (χ0v) is 9.17. The van der Waals surface area contributed by atoms with E-state index in [1.165, 1.54) is 12.8 Å². The first-order valence-electron chi connectivity index (χ1n) is 4.23. The molecule has 0 aromatic carbocycles. The van der Waals surface area contributed by atoms with E-state index in [0.29, 0.717) is 0 Å². The van der Waals surface area contributed by atoms with Crippen LogP contribution in [0.2, 0.25) is 0 Å². The van der Waals surface area contributed by atoms with Crippen molar-refractivity contribution in [2.75, 3.05) is 5.32 Å². The minimum Gasteiger partial charge on any atom is -0.376 e. The van der Waals surface area contributed by atoms with Crippen LogP contribution in [0.15, 0.2) is 5.38 Å². The van der Waals surface area contributed by atoms with Crippen molar-refractivity contribution in [2.45, 2.75) is 26.2 Å². The number of aromatic nitrogens is 1. The Labute approximate surface area is 87.4 Å². The lowest BCUT2D eigenvalue weighted by molar-refractivity contribution is 0.790. The highest BCUT2D eigenvalue weighted by Crippen LogP contribution is 2.15. The molecule has 0 amide bonds. The molecule has 0 fully saturated rings. The second kappa shape index (κ2) is 5.14. The van der Waals surface area contributed by atoms with Gasteiger partial charge in [-0.1, -0.05) is 13.3 Å². The van der Waals surface area contributed by atoms with Gasteiger partial charge in [0, 0.05) is 5.38 Å². The van der Waals surface area contributed by atoms with Gasteiger partial charge in [0.1, 0.15) is 5.82 Å². The third-order valence-corrected chi connectivity index (χ3v) is 2.56. The highest BCUT2D eigenvalue weighted by atomic mass is 32.1. The van der Waals surface area contributed by atoms with E-state index >= 15 is 0 Å². The molecule has 0 aliphatic rings. The lowest BCUT2D eigenvalue weighted by Gasteiger charge is -1.96. The summed E-state index contributed by atoms with van der Waals surface area (Å²) in [6.07, 6.45) is 3.41. The molecule has 0 atom stereocenters. The summed E-state index contributed by atoms with van der Waals surface area (Å²) in [6.45, 7) is 2.17. The molecule has 0 radical (unpaired) electrons. The van der Waals surface area contributed by atoms with E-state index in [9.17, 15) is 0 Å². The fraction of sp³-hybridized carbons (Fsp3) is 0.500. The number of nitrogens with zero attached hydrogens (tertiary/aromatic N) is 1. The van der Waals surface area contributed by atoms with Crippen LogP contribution in [0.4, 0.5) is 5.82 Å². The summed E-state index contributed by atoms with van der Waals surface area (Å²) in [5.74, 6) is 0.767. The molecule has 13 heavy (non-hydrogen) atoms. The van der Waals surface area contributed by atoms with Crippen LogP contribution < -0.4 is 11.1 Å². The minimum absolute atomic E-state index is 0.271. The maximum atomic E-state index is 5.32. The monoisotopic (exact) mass is 215 g/mol. The molecule has 72 valence electrons. The molecule has 0 saturated carbocycles. The van der Waals surface area contributed by atoms with E-state index in [-0.39, 0.29) is 5.11 Å². The van der Waals surface area contributed by atoms with Gasteiger partial charge in [0.15, 0.2) is 5.11 Å². The first-order chi connectivity index (χ1) is 6.22. The van der Waals surface area contributed by atoms with E-state index in [0.717, 1.165) is 17.2 Å². The van der Waals surface area contributed by atoms with Gasteiger partial charge in [-0.25, -0.2) is 4.98 Å². The minimum atomic E-state index is 0.271. The number of rotatable bonds is 4.